The van der Waals surface area contributed by atoms with Crippen LogP contribution in [0.3, 0.4) is 0 Å². The summed E-state index contributed by atoms with van der Waals surface area (Å²) in [5, 5.41) is 0. The predicted octanol–water partition coefficient (Wildman–Crippen LogP) is 4.08. The summed E-state index contributed by atoms with van der Waals surface area (Å²) in [6, 6.07) is 0.913. The van der Waals surface area contributed by atoms with Crippen LogP contribution in [0.4, 0.5) is 0 Å². The van der Waals surface area contributed by atoms with Gasteiger partial charge in [0.25, 0.3) is 0 Å². The molecule has 144 valence electrons. The Kier molecular flexibility index (Phi) is 9.14. The van der Waals surface area contributed by atoms with Gasteiger partial charge in [0, 0.05) is 49.5 Å². The first-order chi connectivity index (χ1) is 12.2. The molecule has 2 saturated heterocycles. The molecule has 0 aromatic rings. The third-order valence-corrected chi connectivity index (χ3v) is 6.74. The van der Waals surface area contributed by atoms with Crippen LogP contribution in [-0.4, -0.2) is 58.3 Å². The van der Waals surface area contributed by atoms with Crippen LogP contribution in [0.1, 0.15) is 78.1 Å². The highest BCUT2D eigenvalue weighted by Gasteiger charge is 2.26. The first-order valence-electron chi connectivity index (χ1n) is 10.3. The lowest BCUT2D eigenvalue weighted by Gasteiger charge is -2.35. The number of amides is 2. The highest BCUT2D eigenvalue weighted by Crippen LogP contribution is 2.22. The molecule has 0 saturated carbocycles. The Balaban J connectivity index is 1.62. The molecule has 0 aromatic heterocycles. The quantitative estimate of drug-likeness (QED) is 0.606. The van der Waals surface area contributed by atoms with E-state index in [4.69, 9.17) is 0 Å². The van der Waals surface area contributed by atoms with E-state index in [1.165, 1.54) is 12.8 Å². The van der Waals surface area contributed by atoms with E-state index < -0.39 is 0 Å². The van der Waals surface area contributed by atoms with Crippen LogP contribution >= 0.6 is 11.8 Å². The molecule has 25 heavy (non-hydrogen) atoms. The van der Waals surface area contributed by atoms with Gasteiger partial charge in [-0.05, 0) is 51.4 Å². The first-order valence-corrected chi connectivity index (χ1v) is 11.5. The lowest BCUT2D eigenvalue weighted by molar-refractivity contribution is -0.135. The van der Waals surface area contributed by atoms with Gasteiger partial charge in [0.15, 0.2) is 0 Å². The molecule has 0 radical (unpaired) electrons. The van der Waals surface area contributed by atoms with Crippen molar-refractivity contribution in [3.63, 3.8) is 0 Å². The number of piperidine rings is 2. The first kappa shape index (κ1) is 20.6. The van der Waals surface area contributed by atoms with Crippen LogP contribution in [0.5, 0.6) is 0 Å². The number of hydrogen-bond donors (Lipinski definition) is 0. The van der Waals surface area contributed by atoms with Crippen molar-refractivity contribution in [1.29, 1.82) is 0 Å². The molecule has 2 unspecified atom stereocenters. The normalized spacial score (nSPS) is 24.4. The summed E-state index contributed by atoms with van der Waals surface area (Å²) in [7, 11) is 0. The van der Waals surface area contributed by atoms with Crippen molar-refractivity contribution in [3.05, 3.63) is 0 Å². The highest BCUT2D eigenvalue weighted by molar-refractivity contribution is 7.99. The molecular formula is C20H36N2O2S. The molecule has 0 aromatic carbocycles. The maximum Gasteiger partial charge on any atom is 0.223 e. The zero-order valence-corrected chi connectivity index (χ0v) is 17.0. The molecule has 2 fully saturated rings. The Morgan fingerprint density at radius 3 is 1.64 bits per heavy atom. The van der Waals surface area contributed by atoms with Crippen LogP contribution in [-0.2, 0) is 9.59 Å². The summed E-state index contributed by atoms with van der Waals surface area (Å²) in [6.07, 6.45) is 10.5. The van der Waals surface area contributed by atoms with Gasteiger partial charge < -0.3 is 9.80 Å². The van der Waals surface area contributed by atoms with Gasteiger partial charge in [0.05, 0.1) is 0 Å². The largest absolute Gasteiger partial charge is 0.340 e. The molecule has 5 heteroatoms. The fourth-order valence-electron chi connectivity index (χ4n) is 4.21. The smallest absolute Gasteiger partial charge is 0.223 e. The molecule has 0 bridgehead atoms. The third kappa shape index (κ3) is 6.19. The topological polar surface area (TPSA) is 40.6 Å². The number of likely N-dealkylation sites (tertiary alicyclic amines) is 2. The standard InChI is InChI=1S/C20H36N2O2S/c1-3-17-9-5-7-13-21(17)19(23)11-15-25-16-12-20(24)22-14-8-6-10-18(22)4-2/h17-18H,3-16H2,1-2H3. The van der Waals surface area contributed by atoms with Crippen molar-refractivity contribution in [2.24, 2.45) is 0 Å². The Bertz CT molecular complexity index is 392. The van der Waals surface area contributed by atoms with Crippen molar-refractivity contribution < 1.29 is 9.59 Å². The van der Waals surface area contributed by atoms with Gasteiger partial charge in [-0.3, -0.25) is 9.59 Å². The summed E-state index contributed by atoms with van der Waals surface area (Å²) >= 11 is 1.76. The minimum atomic E-state index is 0.312. The van der Waals surface area contributed by atoms with Gasteiger partial charge in [0.2, 0.25) is 11.8 Å². The number of hydrogen-bond acceptors (Lipinski definition) is 3. The average Bonchev–Trinajstić information content (AvgIpc) is 2.67. The van der Waals surface area contributed by atoms with Crippen LogP contribution < -0.4 is 0 Å². The molecule has 0 aliphatic carbocycles. The fraction of sp³-hybridized carbons (Fsp3) is 0.900. The van der Waals surface area contributed by atoms with Crippen molar-refractivity contribution in [2.75, 3.05) is 24.6 Å². The van der Waals surface area contributed by atoms with Crippen molar-refractivity contribution in [1.82, 2.24) is 9.80 Å². The maximum absolute atomic E-state index is 12.4. The summed E-state index contributed by atoms with van der Waals surface area (Å²) in [5.74, 6) is 2.31. The van der Waals surface area contributed by atoms with Gasteiger partial charge >= 0.3 is 0 Å². The highest BCUT2D eigenvalue weighted by atomic mass is 32.2. The van der Waals surface area contributed by atoms with E-state index in [9.17, 15) is 9.59 Å². The molecule has 4 nitrogen and oxygen atoms in total. The maximum atomic E-state index is 12.4. The molecule has 2 aliphatic heterocycles. The minimum absolute atomic E-state index is 0.312. The predicted molar refractivity (Wildman–Crippen MR) is 106 cm³/mol. The zero-order chi connectivity index (χ0) is 18.1. The Hall–Kier alpha value is -0.710. The Morgan fingerprint density at radius 2 is 1.24 bits per heavy atom. The van der Waals surface area contributed by atoms with E-state index in [1.807, 2.05) is 0 Å². The molecule has 2 amide bonds. The number of nitrogens with zero attached hydrogens (tertiary/aromatic N) is 2. The van der Waals surface area contributed by atoms with Crippen LogP contribution in [0.2, 0.25) is 0 Å². The lowest BCUT2D eigenvalue weighted by Crippen LogP contribution is -2.43. The molecule has 0 spiro atoms. The van der Waals surface area contributed by atoms with E-state index in [0.717, 1.165) is 63.1 Å². The van der Waals surface area contributed by atoms with E-state index in [0.29, 0.717) is 36.7 Å². The zero-order valence-electron chi connectivity index (χ0n) is 16.2. The molecule has 2 heterocycles. The molecule has 2 rings (SSSR count). The van der Waals surface area contributed by atoms with Gasteiger partial charge in [0.1, 0.15) is 0 Å². The minimum Gasteiger partial charge on any atom is -0.340 e. The van der Waals surface area contributed by atoms with Gasteiger partial charge in [-0.1, -0.05) is 13.8 Å². The van der Waals surface area contributed by atoms with Crippen LogP contribution in [0.25, 0.3) is 0 Å². The van der Waals surface area contributed by atoms with Gasteiger partial charge in [-0.15, -0.1) is 0 Å². The number of carbonyl (C=O) groups is 2. The van der Waals surface area contributed by atoms with Crippen molar-refractivity contribution in [2.45, 2.75) is 90.1 Å². The monoisotopic (exact) mass is 368 g/mol. The second-order valence-corrected chi connectivity index (χ2v) is 8.63. The third-order valence-electron chi connectivity index (χ3n) is 5.76. The molecule has 2 atom stereocenters. The molecule has 2 aliphatic rings. The van der Waals surface area contributed by atoms with Gasteiger partial charge in [-0.25, -0.2) is 0 Å². The average molecular weight is 369 g/mol. The summed E-state index contributed by atoms with van der Waals surface area (Å²) in [5.41, 5.74) is 0. The Morgan fingerprint density at radius 1 is 0.800 bits per heavy atom. The van der Waals surface area contributed by atoms with Crippen LogP contribution in [0.15, 0.2) is 0 Å². The SMILES string of the molecule is CCC1CCCCN1C(=O)CCSCCC(=O)N1CCCCC1CC. The molecule has 0 N–H and O–H groups in total. The van der Waals surface area contributed by atoms with E-state index >= 15 is 0 Å². The Labute approximate surface area is 158 Å². The van der Waals surface area contributed by atoms with Gasteiger partial charge in [-0.2, -0.15) is 11.8 Å². The summed E-state index contributed by atoms with van der Waals surface area (Å²) in [4.78, 5) is 29.1. The lowest BCUT2D eigenvalue weighted by atomic mass is 10.00. The van der Waals surface area contributed by atoms with Crippen molar-refractivity contribution >= 4 is 23.6 Å². The number of rotatable bonds is 8. The van der Waals surface area contributed by atoms with E-state index in [2.05, 4.69) is 23.6 Å². The number of carbonyl (C=O) groups excluding carboxylic acids is 2. The fourth-order valence-corrected chi connectivity index (χ4v) is 5.06. The van der Waals surface area contributed by atoms with E-state index in [1.54, 1.807) is 11.8 Å². The number of thioether (sulfide) groups is 1. The van der Waals surface area contributed by atoms with Crippen LogP contribution in [0, 0.1) is 0 Å². The van der Waals surface area contributed by atoms with Crippen molar-refractivity contribution in [3.8, 4) is 0 Å². The summed E-state index contributed by atoms with van der Waals surface area (Å²) in [6.45, 7) is 6.24. The van der Waals surface area contributed by atoms with E-state index in [-0.39, 0.29) is 0 Å². The summed E-state index contributed by atoms with van der Waals surface area (Å²) < 4.78 is 0. The molecular weight excluding hydrogens is 332 g/mol. The second-order valence-electron chi connectivity index (χ2n) is 7.40. The second kappa shape index (κ2) is 11.1.